The molecule has 1 fully saturated rings. The quantitative estimate of drug-likeness (QED) is 0.647. The Balaban J connectivity index is 2.27. The first-order valence-electron chi connectivity index (χ1n) is 6.25. The van der Waals surface area contributed by atoms with Crippen molar-refractivity contribution in [2.24, 2.45) is 5.92 Å². The fourth-order valence-corrected chi connectivity index (χ4v) is 2.36. The van der Waals surface area contributed by atoms with Gasteiger partial charge in [-0.2, -0.15) is 0 Å². The van der Waals surface area contributed by atoms with Gasteiger partial charge < -0.3 is 15.7 Å². The third-order valence-corrected chi connectivity index (χ3v) is 3.22. The molecule has 2 atom stereocenters. The van der Waals surface area contributed by atoms with Gasteiger partial charge in [0, 0.05) is 6.54 Å². The summed E-state index contributed by atoms with van der Waals surface area (Å²) in [5.74, 6) is 0.526. The number of nitrogens with one attached hydrogen (secondary N) is 2. The van der Waals surface area contributed by atoms with Gasteiger partial charge in [0.15, 0.2) is 0 Å². The first kappa shape index (κ1) is 13.5. The summed E-state index contributed by atoms with van der Waals surface area (Å²) in [7, 11) is 0. The van der Waals surface area contributed by atoms with Crippen molar-refractivity contribution >= 4 is 5.91 Å². The van der Waals surface area contributed by atoms with Gasteiger partial charge in [-0.3, -0.25) is 4.79 Å². The number of aliphatic hydroxyl groups is 1. The highest BCUT2D eigenvalue weighted by Crippen LogP contribution is 2.31. The maximum atomic E-state index is 11.4. The zero-order valence-corrected chi connectivity index (χ0v) is 10.4. The second-order valence-electron chi connectivity index (χ2n) is 4.98. The van der Waals surface area contributed by atoms with Crippen molar-refractivity contribution in [1.29, 1.82) is 0 Å². The van der Waals surface area contributed by atoms with Crippen molar-refractivity contribution in [2.75, 3.05) is 19.6 Å². The Hall–Kier alpha value is -0.610. The van der Waals surface area contributed by atoms with E-state index in [0.717, 1.165) is 25.8 Å². The lowest BCUT2D eigenvalue weighted by Gasteiger charge is -2.35. The van der Waals surface area contributed by atoms with Crippen LogP contribution < -0.4 is 10.6 Å². The summed E-state index contributed by atoms with van der Waals surface area (Å²) in [5, 5.41) is 16.0. The lowest BCUT2D eigenvalue weighted by atomic mass is 9.79. The molecule has 0 saturated heterocycles. The van der Waals surface area contributed by atoms with Gasteiger partial charge in [-0.05, 0) is 25.3 Å². The Morgan fingerprint density at radius 1 is 1.56 bits per heavy atom. The molecule has 1 aliphatic rings. The van der Waals surface area contributed by atoms with E-state index in [2.05, 4.69) is 17.6 Å². The lowest BCUT2D eigenvalue weighted by Crippen LogP contribution is -2.47. The molecule has 1 rings (SSSR count). The van der Waals surface area contributed by atoms with Crippen LogP contribution in [-0.4, -0.2) is 36.2 Å². The van der Waals surface area contributed by atoms with E-state index in [1.807, 2.05) is 6.92 Å². The van der Waals surface area contributed by atoms with E-state index in [1.54, 1.807) is 0 Å². The molecule has 1 aliphatic carbocycles. The Labute approximate surface area is 97.8 Å². The Morgan fingerprint density at radius 2 is 2.31 bits per heavy atom. The molecular formula is C12H24N2O2. The maximum Gasteiger partial charge on any atom is 0.234 e. The molecule has 0 spiro atoms. The molecular weight excluding hydrogens is 204 g/mol. The number of hydrogen-bond acceptors (Lipinski definition) is 3. The molecule has 0 aromatic heterocycles. The first-order valence-corrected chi connectivity index (χ1v) is 6.25. The van der Waals surface area contributed by atoms with Crippen molar-refractivity contribution in [3.8, 4) is 0 Å². The van der Waals surface area contributed by atoms with Crippen molar-refractivity contribution in [1.82, 2.24) is 10.6 Å². The molecule has 3 N–H and O–H groups in total. The highest BCUT2D eigenvalue weighted by atomic mass is 16.3. The van der Waals surface area contributed by atoms with Crippen molar-refractivity contribution in [3.63, 3.8) is 0 Å². The Kier molecular flexibility index (Phi) is 5.22. The minimum absolute atomic E-state index is 0.0338. The lowest BCUT2D eigenvalue weighted by molar-refractivity contribution is -0.122. The summed E-state index contributed by atoms with van der Waals surface area (Å²) in [5.41, 5.74) is -0.681. The molecule has 2 unspecified atom stereocenters. The van der Waals surface area contributed by atoms with Gasteiger partial charge >= 0.3 is 0 Å². The van der Waals surface area contributed by atoms with Crippen LogP contribution in [-0.2, 0) is 4.79 Å². The third-order valence-electron chi connectivity index (χ3n) is 3.22. The van der Waals surface area contributed by atoms with Crippen LogP contribution in [0.2, 0.25) is 0 Å². The summed E-state index contributed by atoms with van der Waals surface area (Å²) in [6, 6.07) is 0. The maximum absolute atomic E-state index is 11.4. The molecule has 0 aliphatic heterocycles. The molecule has 0 aromatic rings. The SMILES string of the molecule is CCNCC(=O)NCC1(O)CCCC(C)C1. The molecule has 4 nitrogen and oxygen atoms in total. The molecule has 0 aromatic carbocycles. The van der Waals surface area contributed by atoms with Crippen LogP contribution in [0.25, 0.3) is 0 Å². The van der Waals surface area contributed by atoms with E-state index in [4.69, 9.17) is 0 Å². The van der Waals surface area contributed by atoms with Crippen LogP contribution in [0.5, 0.6) is 0 Å². The van der Waals surface area contributed by atoms with Gasteiger partial charge in [0.25, 0.3) is 0 Å². The van der Waals surface area contributed by atoms with Crippen molar-refractivity contribution in [2.45, 2.75) is 45.1 Å². The summed E-state index contributed by atoms with van der Waals surface area (Å²) in [6.45, 7) is 5.63. The molecule has 0 radical (unpaired) electrons. The van der Waals surface area contributed by atoms with Gasteiger partial charge in [0.05, 0.1) is 12.1 Å². The number of amides is 1. The van der Waals surface area contributed by atoms with Gasteiger partial charge in [-0.25, -0.2) is 0 Å². The normalized spacial score (nSPS) is 30.1. The predicted molar refractivity (Wildman–Crippen MR) is 64.1 cm³/mol. The monoisotopic (exact) mass is 228 g/mol. The van der Waals surface area contributed by atoms with Crippen LogP contribution in [0.15, 0.2) is 0 Å². The second kappa shape index (κ2) is 6.21. The summed E-state index contributed by atoms with van der Waals surface area (Å²) in [6.07, 6.45) is 3.85. The topological polar surface area (TPSA) is 61.4 Å². The standard InChI is InChI=1S/C12H24N2O2/c1-3-13-8-11(15)14-9-12(16)6-4-5-10(2)7-12/h10,13,16H,3-9H2,1-2H3,(H,14,15). The largest absolute Gasteiger partial charge is 0.388 e. The fraction of sp³-hybridized carbons (Fsp3) is 0.917. The Bertz CT molecular complexity index is 233. The van der Waals surface area contributed by atoms with Crippen LogP contribution >= 0.6 is 0 Å². The summed E-state index contributed by atoms with van der Waals surface area (Å²) in [4.78, 5) is 11.4. The first-order chi connectivity index (χ1) is 7.56. The summed E-state index contributed by atoms with van der Waals surface area (Å²) < 4.78 is 0. The zero-order chi connectivity index (χ0) is 12.0. The van der Waals surface area contributed by atoms with Crippen LogP contribution in [0.4, 0.5) is 0 Å². The molecule has 0 heterocycles. The highest BCUT2D eigenvalue weighted by Gasteiger charge is 2.32. The summed E-state index contributed by atoms with van der Waals surface area (Å²) >= 11 is 0. The number of carbonyl (C=O) groups excluding carboxylic acids is 1. The minimum Gasteiger partial charge on any atom is -0.388 e. The average molecular weight is 228 g/mol. The van der Waals surface area contributed by atoms with E-state index in [9.17, 15) is 9.90 Å². The van der Waals surface area contributed by atoms with Gasteiger partial charge in [-0.1, -0.05) is 26.7 Å². The fourth-order valence-electron chi connectivity index (χ4n) is 2.36. The molecule has 4 heteroatoms. The zero-order valence-electron chi connectivity index (χ0n) is 10.4. The van der Waals surface area contributed by atoms with E-state index in [1.165, 1.54) is 6.42 Å². The number of carbonyl (C=O) groups is 1. The van der Waals surface area contributed by atoms with Gasteiger partial charge in [0.2, 0.25) is 5.91 Å². The average Bonchev–Trinajstić information content (AvgIpc) is 2.23. The van der Waals surface area contributed by atoms with Crippen LogP contribution in [0.3, 0.4) is 0 Å². The van der Waals surface area contributed by atoms with E-state index < -0.39 is 5.60 Å². The smallest absolute Gasteiger partial charge is 0.234 e. The van der Waals surface area contributed by atoms with E-state index >= 15 is 0 Å². The van der Waals surface area contributed by atoms with Gasteiger partial charge in [-0.15, -0.1) is 0 Å². The van der Waals surface area contributed by atoms with Crippen molar-refractivity contribution in [3.05, 3.63) is 0 Å². The molecule has 0 bridgehead atoms. The van der Waals surface area contributed by atoms with Crippen molar-refractivity contribution < 1.29 is 9.90 Å². The molecule has 1 saturated carbocycles. The highest BCUT2D eigenvalue weighted by molar-refractivity contribution is 5.78. The van der Waals surface area contributed by atoms with E-state index in [-0.39, 0.29) is 5.91 Å². The predicted octanol–water partition coefficient (Wildman–Crippen LogP) is 0.653. The minimum atomic E-state index is -0.681. The van der Waals surface area contributed by atoms with Gasteiger partial charge in [0.1, 0.15) is 0 Å². The van der Waals surface area contributed by atoms with E-state index in [0.29, 0.717) is 19.0 Å². The molecule has 1 amide bonds. The van der Waals surface area contributed by atoms with Crippen LogP contribution in [0, 0.1) is 5.92 Å². The number of rotatable bonds is 5. The Morgan fingerprint density at radius 3 is 2.94 bits per heavy atom. The number of likely N-dealkylation sites (N-methyl/N-ethyl adjacent to an activating group) is 1. The number of hydrogen-bond donors (Lipinski definition) is 3. The second-order valence-corrected chi connectivity index (χ2v) is 4.98. The molecule has 94 valence electrons. The van der Waals surface area contributed by atoms with Crippen LogP contribution in [0.1, 0.15) is 39.5 Å². The molecule has 16 heavy (non-hydrogen) atoms. The third kappa shape index (κ3) is 4.49.